The first kappa shape index (κ1) is 25.7. The van der Waals surface area contributed by atoms with Crippen molar-refractivity contribution in [2.24, 2.45) is 0 Å². The van der Waals surface area contributed by atoms with Gasteiger partial charge in [0.05, 0.1) is 52.8 Å². The smallest absolute Gasteiger partial charge is 0.246 e. The van der Waals surface area contributed by atoms with E-state index in [-0.39, 0.29) is 15.7 Å². The minimum atomic E-state index is 0.106. The van der Waals surface area contributed by atoms with Crippen LogP contribution in [0.25, 0.3) is 5.69 Å². The van der Waals surface area contributed by atoms with Crippen molar-refractivity contribution in [3.8, 4) is 5.69 Å². The van der Waals surface area contributed by atoms with Crippen molar-refractivity contribution < 1.29 is 0 Å². The summed E-state index contributed by atoms with van der Waals surface area (Å²) >= 11 is 0. The topological polar surface area (TPSA) is 49.2 Å². The largest absolute Gasteiger partial charge is 0.369 e. The molecule has 3 aromatic rings. The van der Waals surface area contributed by atoms with Crippen molar-refractivity contribution in [1.29, 1.82) is 0 Å². The maximum absolute atomic E-state index is 4.60. The van der Waals surface area contributed by atoms with Crippen molar-refractivity contribution in [1.82, 2.24) is 19.7 Å². The molecule has 6 nitrogen and oxygen atoms in total. The number of piperazine rings is 1. The molecule has 0 amide bonds. The van der Waals surface area contributed by atoms with Crippen LogP contribution in [0.3, 0.4) is 0 Å². The van der Waals surface area contributed by atoms with E-state index in [4.69, 9.17) is 0 Å². The van der Waals surface area contributed by atoms with Gasteiger partial charge in [0.2, 0.25) is 5.95 Å². The summed E-state index contributed by atoms with van der Waals surface area (Å²) in [5.74, 6) is 0.598. The maximum Gasteiger partial charge on any atom is 0.246 e. The summed E-state index contributed by atoms with van der Waals surface area (Å²) < 4.78 is 1.79. The molecule has 2 aromatic carbocycles. The van der Waals surface area contributed by atoms with Gasteiger partial charge in [0, 0.05) is 37.6 Å². The van der Waals surface area contributed by atoms with Crippen LogP contribution < -0.4 is 10.2 Å². The Balaban J connectivity index is 1.48. The molecule has 2 heterocycles. The molecule has 1 saturated heterocycles. The Labute approximate surface area is 216 Å². The summed E-state index contributed by atoms with van der Waals surface area (Å²) in [5.41, 5.74) is 4.59. The highest BCUT2D eigenvalue weighted by molar-refractivity contribution is 6.69. The third-order valence-electron chi connectivity index (χ3n) is 8.03. The Hall–Kier alpha value is -2.41. The Morgan fingerprint density at radius 2 is 1.43 bits per heavy atom. The molecule has 0 spiro atoms. The molecule has 0 radical (unpaired) electrons. The van der Waals surface area contributed by atoms with Gasteiger partial charge in [-0.15, -0.1) is 15.3 Å². The van der Waals surface area contributed by atoms with E-state index in [0.29, 0.717) is 5.95 Å². The average molecular weight is 459 g/mol. The van der Waals surface area contributed by atoms with Crippen molar-refractivity contribution in [2.45, 2.75) is 22.6 Å². The van der Waals surface area contributed by atoms with E-state index in [1.807, 2.05) is 30.3 Å². The zero-order valence-corrected chi connectivity index (χ0v) is 22.8. The summed E-state index contributed by atoms with van der Waals surface area (Å²) in [7, 11) is 16.8. The van der Waals surface area contributed by atoms with Gasteiger partial charge in [-0.1, -0.05) is 18.2 Å². The number of aromatic nitrogens is 3. The first-order valence-electron chi connectivity index (χ1n) is 12.7. The van der Waals surface area contributed by atoms with Crippen molar-refractivity contribution in [3.63, 3.8) is 0 Å². The molecule has 174 valence electrons. The van der Waals surface area contributed by atoms with E-state index in [1.165, 1.54) is 11.3 Å². The SMILES string of the molecule is BC(B)(B)C(B)(N1CCN(c2cc(C)cc(Nc3ncn(-c4ccccc4)n3)c2)CC1)C(B)(B)B. The molecule has 0 unspecified atom stereocenters. The molecule has 0 saturated carbocycles. The number of hydrogen-bond acceptors (Lipinski definition) is 5. The van der Waals surface area contributed by atoms with Gasteiger partial charge in [-0.2, -0.15) is 4.98 Å². The molecule has 4 rings (SSSR count). The lowest BCUT2D eigenvalue weighted by molar-refractivity contribution is 0.149. The maximum atomic E-state index is 4.60. The second-order valence-electron chi connectivity index (χ2n) is 12.1. The summed E-state index contributed by atoms with van der Waals surface area (Å²) in [6, 6.07) is 16.7. The normalized spacial score (nSPS) is 15.7. The highest BCUT2D eigenvalue weighted by atomic mass is 15.4. The summed E-state index contributed by atoms with van der Waals surface area (Å²) in [4.78, 5) is 9.69. The molecule has 0 aliphatic carbocycles. The molecular formula is C22H35B7N6. The fourth-order valence-corrected chi connectivity index (χ4v) is 5.66. The van der Waals surface area contributed by atoms with Gasteiger partial charge < -0.3 is 15.1 Å². The third kappa shape index (κ3) is 5.25. The zero-order chi connectivity index (χ0) is 25.4. The minimum absolute atomic E-state index is 0.106. The van der Waals surface area contributed by atoms with Crippen LogP contribution in [0.1, 0.15) is 5.56 Å². The van der Waals surface area contributed by atoms with Gasteiger partial charge >= 0.3 is 0 Å². The van der Waals surface area contributed by atoms with E-state index in [1.54, 1.807) is 11.0 Å². The Morgan fingerprint density at radius 3 is 2.03 bits per heavy atom. The second kappa shape index (κ2) is 9.57. The van der Waals surface area contributed by atoms with Gasteiger partial charge in [0.1, 0.15) is 14.2 Å². The van der Waals surface area contributed by atoms with E-state index < -0.39 is 0 Å². The first-order chi connectivity index (χ1) is 16.4. The van der Waals surface area contributed by atoms with Crippen LogP contribution in [0.5, 0.6) is 0 Å². The van der Waals surface area contributed by atoms with Gasteiger partial charge in [0.25, 0.3) is 0 Å². The number of anilines is 3. The van der Waals surface area contributed by atoms with Crippen LogP contribution in [0.4, 0.5) is 17.3 Å². The summed E-state index contributed by atoms with van der Waals surface area (Å²) in [5, 5.41) is 8.38. The van der Waals surface area contributed by atoms with E-state index >= 15 is 0 Å². The molecule has 0 bridgehead atoms. The number of nitrogens with one attached hydrogen (secondary N) is 1. The molecule has 13 heteroatoms. The minimum Gasteiger partial charge on any atom is -0.369 e. The van der Waals surface area contributed by atoms with E-state index in [9.17, 15) is 0 Å². The first-order valence-corrected chi connectivity index (χ1v) is 12.7. The van der Waals surface area contributed by atoms with Crippen molar-refractivity contribution in [3.05, 3.63) is 60.4 Å². The fraction of sp³-hybridized carbons (Fsp3) is 0.364. The molecule has 35 heavy (non-hydrogen) atoms. The molecule has 1 fully saturated rings. The van der Waals surface area contributed by atoms with Crippen LogP contribution in [-0.4, -0.2) is 106 Å². The number of aryl methyl sites for hydroxylation is 1. The van der Waals surface area contributed by atoms with Gasteiger partial charge in [-0.05, 0) is 48.3 Å². The molecule has 0 atom stereocenters. The Morgan fingerprint density at radius 1 is 0.800 bits per heavy atom. The quantitative estimate of drug-likeness (QED) is 0.376. The standard InChI is InChI=1S/C22H35B7N6/c1-15-11-16(31-19-30-14-35(32-19)17-5-3-2-4-6-17)13-18(12-15)33-7-9-34(10-8-33)20(23,21(24,25)26)22(27,28)29/h2-6,11-14H,7-10,23-29H2,1H3,(H,31,32). The van der Waals surface area contributed by atoms with Crippen molar-refractivity contribution in [2.75, 3.05) is 36.4 Å². The van der Waals surface area contributed by atoms with E-state index in [0.717, 1.165) is 37.6 Å². The lowest BCUT2D eigenvalue weighted by Crippen LogP contribution is -2.69. The average Bonchev–Trinajstić information content (AvgIpc) is 3.26. The predicted molar refractivity (Wildman–Crippen MR) is 168 cm³/mol. The third-order valence-corrected chi connectivity index (χ3v) is 8.03. The summed E-state index contributed by atoms with van der Waals surface area (Å²) in [6.45, 7) is 6.31. The molecule has 1 aromatic heterocycles. The Kier molecular flexibility index (Phi) is 7.02. The van der Waals surface area contributed by atoms with Crippen LogP contribution in [0.2, 0.25) is 10.2 Å². The van der Waals surface area contributed by atoms with Crippen LogP contribution in [0, 0.1) is 6.92 Å². The molecule has 1 N–H and O–H groups in total. The van der Waals surface area contributed by atoms with Crippen molar-refractivity contribution >= 4 is 72.2 Å². The molecule has 1 aliphatic heterocycles. The van der Waals surface area contributed by atoms with E-state index in [2.05, 4.69) is 105 Å². The molecule has 1 aliphatic rings. The Bertz CT molecular complexity index is 1140. The highest BCUT2D eigenvalue weighted by Crippen LogP contribution is 2.45. The number of para-hydroxylation sites is 1. The monoisotopic (exact) mass is 460 g/mol. The van der Waals surface area contributed by atoms with Gasteiger partial charge in [-0.25, -0.2) is 4.68 Å². The van der Waals surface area contributed by atoms with Gasteiger partial charge in [-0.3, -0.25) is 0 Å². The van der Waals surface area contributed by atoms with Crippen LogP contribution in [-0.2, 0) is 0 Å². The number of nitrogens with zero attached hydrogens (tertiary/aromatic N) is 5. The number of hydrogen-bond donors (Lipinski definition) is 1. The predicted octanol–water partition coefficient (Wildman–Crippen LogP) is -3.28. The molecular weight excluding hydrogens is 424 g/mol. The zero-order valence-electron chi connectivity index (χ0n) is 22.8. The fourth-order valence-electron chi connectivity index (χ4n) is 5.66. The number of rotatable bonds is 7. The summed E-state index contributed by atoms with van der Waals surface area (Å²) in [6.07, 6.45) is 1.75. The lowest BCUT2D eigenvalue weighted by atomic mass is 9.17. The lowest BCUT2D eigenvalue weighted by Gasteiger charge is -2.61. The van der Waals surface area contributed by atoms with Crippen LogP contribution >= 0.6 is 0 Å². The second-order valence-corrected chi connectivity index (χ2v) is 12.1. The van der Waals surface area contributed by atoms with Gasteiger partial charge in [0.15, 0.2) is 0 Å². The highest BCUT2D eigenvalue weighted by Gasteiger charge is 2.49. The van der Waals surface area contributed by atoms with Crippen LogP contribution in [0.15, 0.2) is 54.9 Å². The number of benzene rings is 2.